The SMILES string of the molecule is COc1ccccc1NC(=O)Cn1nc(C)c2c(-c3cccs3)ccnc21. The van der Waals surface area contributed by atoms with Crippen LogP contribution in [0.3, 0.4) is 0 Å². The van der Waals surface area contributed by atoms with E-state index < -0.39 is 0 Å². The Bertz CT molecular complexity index is 1100. The van der Waals surface area contributed by atoms with Crippen LogP contribution >= 0.6 is 11.3 Å². The monoisotopic (exact) mass is 378 g/mol. The maximum absolute atomic E-state index is 12.6. The molecule has 7 heteroatoms. The Morgan fingerprint density at radius 2 is 2.07 bits per heavy atom. The fourth-order valence-corrected chi connectivity index (χ4v) is 3.86. The van der Waals surface area contributed by atoms with E-state index in [0.717, 1.165) is 21.5 Å². The quantitative estimate of drug-likeness (QED) is 0.567. The fraction of sp³-hybridized carbons (Fsp3) is 0.150. The summed E-state index contributed by atoms with van der Waals surface area (Å²) in [5.74, 6) is 0.428. The molecular formula is C20H18N4O2S. The molecular weight excluding hydrogens is 360 g/mol. The lowest BCUT2D eigenvalue weighted by Crippen LogP contribution is -2.20. The number of ether oxygens (including phenoxy) is 1. The van der Waals surface area contributed by atoms with Crippen LogP contribution in [0.25, 0.3) is 21.5 Å². The molecule has 0 aliphatic heterocycles. The molecule has 4 rings (SSSR count). The van der Waals surface area contributed by atoms with Crippen LogP contribution in [0, 0.1) is 6.92 Å². The highest BCUT2D eigenvalue weighted by atomic mass is 32.1. The van der Waals surface area contributed by atoms with E-state index in [2.05, 4.69) is 21.5 Å². The Hall–Kier alpha value is -3.19. The summed E-state index contributed by atoms with van der Waals surface area (Å²) in [5.41, 5.74) is 3.27. The second kappa shape index (κ2) is 7.20. The smallest absolute Gasteiger partial charge is 0.246 e. The molecule has 0 fully saturated rings. The van der Waals surface area contributed by atoms with Crippen molar-refractivity contribution in [2.45, 2.75) is 13.5 Å². The number of hydrogen-bond donors (Lipinski definition) is 1. The van der Waals surface area contributed by atoms with Gasteiger partial charge in [-0.05, 0) is 36.6 Å². The van der Waals surface area contributed by atoms with Gasteiger partial charge in [0.1, 0.15) is 12.3 Å². The van der Waals surface area contributed by atoms with E-state index in [1.54, 1.807) is 41.5 Å². The van der Waals surface area contributed by atoms with Crippen LogP contribution in [0.5, 0.6) is 5.75 Å². The average molecular weight is 378 g/mol. The van der Waals surface area contributed by atoms with Crippen molar-refractivity contribution in [2.75, 3.05) is 12.4 Å². The third kappa shape index (κ3) is 3.29. The summed E-state index contributed by atoms with van der Waals surface area (Å²) < 4.78 is 6.92. The third-order valence-electron chi connectivity index (χ3n) is 4.27. The molecule has 0 aliphatic rings. The lowest BCUT2D eigenvalue weighted by Gasteiger charge is -2.10. The Morgan fingerprint density at radius 3 is 2.85 bits per heavy atom. The van der Waals surface area contributed by atoms with Crippen molar-refractivity contribution in [1.82, 2.24) is 14.8 Å². The first-order chi connectivity index (χ1) is 13.2. The van der Waals surface area contributed by atoms with E-state index in [0.29, 0.717) is 17.1 Å². The first kappa shape index (κ1) is 17.2. The van der Waals surface area contributed by atoms with Crippen LogP contribution in [-0.2, 0) is 11.3 Å². The Morgan fingerprint density at radius 1 is 1.22 bits per heavy atom. The molecule has 136 valence electrons. The van der Waals surface area contributed by atoms with Crippen LogP contribution in [-0.4, -0.2) is 27.8 Å². The van der Waals surface area contributed by atoms with Crippen LogP contribution in [0.4, 0.5) is 5.69 Å². The Balaban J connectivity index is 1.65. The van der Waals surface area contributed by atoms with Crippen LogP contribution in [0.1, 0.15) is 5.69 Å². The standard InChI is InChI=1S/C20H18N4O2S/c1-13-19-14(17-8-5-11-27-17)9-10-21-20(19)24(23-13)12-18(25)22-15-6-3-4-7-16(15)26-2/h3-11H,12H2,1-2H3,(H,22,25). The molecule has 1 N–H and O–H groups in total. The number of para-hydroxylation sites is 2. The molecule has 0 aliphatic carbocycles. The van der Waals surface area contributed by atoms with Crippen LogP contribution in [0.2, 0.25) is 0 Å². The summed E-state index contributed by atoms with van der Waals surface area (Å²) in [4.78, 5) is 18.2. The number of hydrogen-bond acceptors (Lipinski definition) is 5. The number of carbonyl (C=O) groups is 1. The lowest BCUT2D eigenvalue weighted by molar-refractivity contribution is -0.116. The van der Waals surface area contributed by atoms with Crippen molar-refractivity contribution in [3.63, 3.8) is 0 Å². The molecule has 0 radical (unpaired) electrons. The lowest BCUT2D eigenvalue weighted by atomic mass is 10.1. The number of rotatable bonds is 5. The zero-order valence-corrected chi connectivity index (χ0v) is 15.8. The van der Waals surface area contributed by atoms with Crippen molar-refractivity contribution in [3.05, 3.63) is 59.7 Å². The number of thiophene rings is 1. The summed E-state index contributed by atoms with van der Waals surface area (Å²) in [6.45, 7) is 2.01. The Kier molecular flexibility index (Phi) is 4.60. The molecule has 0 unspecified atom stereocenters. The van der Waals surface area contributed by atoms with E-state index >= 15 is 0 Å². The summed E-state index contributed by atoms with van der Waals surface area (Å²) in [5, 5.41) is 10.4. The maximum atomic E-state index is 12.6. The van der Waals surface area contributed by atoms with Crippen molar-refractivity contribution >= 4 is 34.0 Å². The van der Waals surface area contributed by atoms with Gasteiger partial charge in [0.05, 0.1) is 23.9 Å². The minimum Gasteiger partial charge on any atom is -0.495 e. The Labute approximate surface area is 160 Å². The number of pyridine rings is 1. The van der Waals surface area contributed by atoms with E-state index in [1.807, 2.05) is 36.6 Å². The number of aryl methyl sites for hydroxylation is 1. The summed E-state index contributed by atoms with van der Waals surface area (Å²) in [6, 6.07) is 13.4. The minimum atomic E-state index is -0.188. The van der Waals surface area contributed by atoms with Gasteiger partial charge >= 0.3 is 0 Å². The van der Waals surface area contributed by atoms with E-state index in [-0.39, 0.29) is 12.5 Å². The number of fused-ring (bicyclic) bond motifs is 1. The molecule has 27 heavy (non-hydrogen) atoms. The van der Waals surface area contributed by atoms with E-state index in [1.165, 1.54) is 0 Å². The van der Waals surface area contributed by atoms with Gasteiger partial charge in [-0.1, -0.05) is 18.2 Å². The number of methoxy groups -OCH3 is 1. The second-order valence-corrected chi connectivity index (χ2v) is 6.97. The van der Waals surface area contributed by atoms with Crippen molar-refractivity contribution < 1.29 is 9.53 Å². The molecule has 3 heterocycles. The molecule has 0 bridgehead atoms. The molecule has 4 aromatic rings. The molecule has 1 aromatic carbocycles. The zero-order chi connectivity index (χ0) is 18.8. The van der Waals surface area contributed by atoms with Gasteiger partial charge in [-0.15, -0.1) is 11.3 Å². The second-order valence-electron chi connectivity index (χ2n) is 6.03. The highest BCUT2D eigenvalue weighted by molar-refractivity contribution is 7.13. The topological polar surface area (TPSA) is 69.0 Å². The summed E-state index contributed by atoms with van der Waals surface area (Å²) >= 11 is 1.67. The predicted molar refractivity (Wildman–Crippen MR) is 107 cm³/mol. The van der Waals surface area contributed by atoms with Gasteiger partial charge in [0.2, 0.25) is 5.91 Å². The predicted octanol–water partition coefficient (Wildman–Crippen LogP) is 4.12. The van der Waals surface area contributed by atoms with Gasteiger partial charge in [0.25, 0.3) is 0 Å². The molecule has 1 amide bonds. The molecule has 0 spiro atoms. The number of nitrogens with one attached hydrogen (secondary N) is 1. The van der Waals surface area contributed by atoms with E-state index in [4.69, 9.17) is 4.74 Å². The van der Waals surface area contributed by atoms with Crippen molar-refractivity contribution in [1.29, 1.82) is 0 Å². The first-order valence-electron chi connectivity index (χ1n) is 8.46. The van der Waals surface area contributed by atoms with Crippen LogP contribution in [0.15, 0.2) is 54.0 Å². The number of carbonyl (C=O) groups excluding carboxylic acids is 1. The minimum absolute atomic E-state index is 0.0727. The van der Waals surface area contributed by atoms with Gasteiger partial charge in [-0.2, -0.15) is 5.10 Å². The maximum Gasteiger partial charge on any atom is 0.246 e. The molecule has 3 aromatic heterocycles. The van der Waals surface area contributed by atoms with Crippen LogP contribution < -0.4 is 10.1 Å². The average Bonchev–Trinajstić information content (AvgIpc) is 3.31. The van der Waals surface area contributed by atoms with Crippen molar-refractivity contribution in [3.8, 4) is 16.2 Å². The molecule has 0 saturated heterocycles. The third-order valence-corrected chi connectivity index (χ3v) is 5.17. The van der Waals surface area contributed by atoms with Gasteiger partial charge < -0.3 is 10.1 Å². The largest absolute Gasteiger partial charge is 0.495 e. The van der Waals surface area contributed by atoms with Crippen molar-refractivity contribution in [2.24, 2.45) is 0 Å². The van der Waals surface area contributed by atoms with Gasteiger partial charge in [-0.25, -0.2) is 9.67 Å². The molecule has 0 atom stereocenters. The number of benzene rings is 1. The first-order valence-corrected chi connectivity index (χ1v) is 9.34. The number of anilines is 1. The zero-order valence-electron chi connectivity index (χ0n) is 15.0. The number of aromatic nitrogens is 3. The van der Waals surface area contributed by atoms with E-state index in [9.17, 15) is 4.79 Å². The summed E-state index contributed by atoms with van der Waals surface area (Å²) in [7, 11) is 1.57. The molecule has 0 saturated carbocycles. The number of amides is 1. The summed E-state index contributed by atoms with van der Waals surface area (Å²) in [6.07, 6.45) is 1.76. The number of nitrogens with zero attached hydrogens (tertiary/aromatic N) is 3. The fourth-order valence-electron chi connectivity index (χ4n) is 3.10. The normalized spacial score (nSPS) is 10.9. The van der Waals surface area contributed by atoms with Gasteiger partial charge in [-0.3, -0.25) is 4.79 Å². The highest BCUT2D eigenvalue weighted by Gasteiger charge is 2.16. The van der Waals surface area contributed by atoms with Gasteiger partial charge in [0, 0.05) is 16.6 Å². The van der Waals surface area contributed by atoms with Gasteiger partial charge in [0.15, 0.2) is 5.65 Å². The highest BCUT2D eigenvalue weighted by Crippen LogP contribution is 2.32. The molecule has 6 nitrogen and oxygen atoms in total.